The third kappa shape index (κ3) is 4.89. The van der Waals surface area contributed by atoms with Crippen LogP contribution in [0.2, 0.25) is 0 Å². The summed E-state index contributed by atoms with van der Waals surface area (Å²) in [6.45, 7) is 5.12. The van der Waals surface area contributed by atoms with Crippen LogP contribution in [-0.2, 0) is 28.0 Å². The summed E-state index contributed by atoms with van der Waals surface area (Å²) in [4.78, 5) is 1.00. The fraction of sp³-hybridized carbons (Fsp3) is 0.474. The van der Waals surface area contributed by atoms with Gasteiger partial charge < -0.3 is 9.47 Å². The van der Waals surface area contributed by atoms with Gasteiger partial charge in [0.15, 0.2) is 0 Å². The molecule has 27 heavy (non-hydrogen) atoms. The maximum Gasteiger partial charge on any atom is 0.282 e. The third-order valence-corrected chi connectivity index (χ3v) is 7.21. The Morgan fingerprint density at radius 3 is 2.48 bits per heavy atom. The van der Waals surface area contributed by atoms with Gasteiger partial charge in [-0.15, -0.1) is 11.3 Å². The van der Waals surface area contributed by atoms with Gasteiger partial charge in [0.25, 0.3) is 10.2 Å². The van der Waals surface area contributed by atoms with Crippen LogP contribution in [0.5, 0.6) is 5.75 Å². The lowest BCUT2D eigenvalue weighted by molar-refractivity contribution is -0.0456. The summed E-state index contributed by atoms with van der Waals surface area (Å²) >= 11 is 1.56. The van der Waals surface area contributed by atoms with E-state index in [1.807, 2.05) is 55.6 Å². The van der Waals surface area contributed by atoms with E-state index in [-0.39, 0.29) is 18.8 Å². The highest BCUT2D eigenvalue weighted by Crippen LogP contribution is 2.26. The van der Waals surface area contributed by atoms with Crippen molar-refractivity contribution < 1.29 is 17.9 Å². The molecule has 2 heterocycles. The van der Waals surface area contributed by atoms with Crippen molar-refractivity contribution in [2.75, 3.05) is 20.2 Å². The van der Waals surface area contributed by atoms with Gasteiger partial charge in [-0.3, -0.25) is 0 Å². The van der Waals surface area contributed by atoms with Crippen molar-refractivity contribution in [3.05, 3.63) is 52.2 Å². The first-order valence-electron chi connectivity index (χ1n) is 8.95. The van der Waals surface area contributed by atoms with Crippen molar-refractivity contribution in [2.24, 2.45) is 0 Å². The molecule has 0 bridgehead atoms. The molecule has 1 fully saturated rings. The van der Waals surface area contributed by atoms with Crippen LogP contribution in [0, 0.1) is 0 Å². The Kier molecular flexibility index (Phi) is 6.54. The summed E-state index contributed by atoms with van der Waals surface area (Å²) in [7, 11) is -2.05. The largest absolute Gasteiger partial charge is 0.496 e. The van der Waals surface area contributed by atoms with Gasteiger partial charge in [0.05, 0.1) is 19.3 Å². The summed E-state index contributed by atoms with van der Waals surface area (Å²) in [6.07, 6.45) is -0.253. The molecule has 1 aromatic heterocycles. The Bertz CT molecular complexity index is 829. The molecule has 1 saturated heterocycles. The maximum atomic E-state index is 13.5. The van der Waals surface area contributed by atoms with Gasteiger partial charge in [-0.1, -0.05) is 24.3 Å². The molecule has 0 radical (unpaired) electrons. The first kappa shape index (κ1) is 20.3. The number of methoxy groups -OCH3 is 1. The van der Waals surface area contributed by atoms with Gasteiger partial charge in [0.2, 0.25) is 0 Å². The van der Waals surface area contributed by atoms with Crippen molar-refractivity contribution in [3.8, 4) is 5.75 Å². The highest BCUT2D eigenvalue weighted by atomic mass is 32.2. The predicted molar refractivity (Wildman–Crippen MR) is 107 cm³/mol. The Morgan fingerprint density at radius 2 is 1.85 bits per heavy atom. The number of ether oxygens (including phenoxy) is 2. The van der Waals surface area contributed by atoms with E-state index in [9.17, 15) is 8.42 Å². The maximum absolute atomic E-state index is 13.5. The molecular formula is C19H26N2O4S2. The standard InChI is InChI=1S/C19H26N2O4S2/c1-15-11-20(12-16(2)25-15)27(22,23)21(14-18-8-6-10-26-18)13-17-7-4-5-9-19(17)24-3/h4-10,15-16H,11-14H2,1-3H3. The molecule has 0 spiro atoms. The van der Waals surface area contributed by atoms with Gasteiger partial charge in [-0.2, -0.15) is 17.0 Å². The molecule has 1 aliphatic rings. The number of hydrogen-bond donors (Lipinski definition) is 0. The van der Waals surface area contributed by atoms with E-state index in [1.165, 1.54) is 8.61 Å². The summed E-state index contributed by atoms with van der Waals surface area (Å²) in [5.41, 5.74) is 0.842. The normalized spacial score (nSPS) is 21.5. The lowest BCUT2D eigenvalue weighted by Gasteiger charge is -2.37. The summed E-state index contributed by atoms with van der Waals surface area (Å²) in [5, 5.41) is 1.96. The molecule has 3 rings (SSSR count). The van der Waals surface area contributed by atoms with E-state index >= 15 is 0 Å². The van der Waals surface area contributed by atoms with Gasteiger partial charge in [0, 0.05) is 36.6 Å². The molecule has 1 aliphatic heterocycles. The van der Waals surface area contributed by atoms with Crippen molar-refractivity contribution in [1.82, 2.24) is 8.61 Å². The molecule has 1 aromatic carbocycles. The second-order valence-electron chi connectivity index (χ2n) is 6.74. The van der Waals surface area contributed by atoms with Gasteiger partial charge >= 0.3 is 0 Å². The number of benzene rings is 1. The zero-order valence-electron chi connectivity index (χ0n) is 15.9. The topological polar surface area (TPSA) is 59.1 Å². The van der Waals surface area contributed by atoms with Gasteiger partial charge in [0.1, 0.15) is 5.75 Å². The Morgan fingerprint density at radius 1 is 1.15 bits per heavy atom. The molecule has 148 valence electrons. The first-order chi connectivity index (χ1) is 12.9. The second-order valence-corrected chi connectivity index (χ2v) is 9.70. The van der Waals surface area contributed by atoms with E-state index in [4.69, 9.17) is 9.47 Å². The average molecular weight is 411 g/mol. The molecular weight excluding hydrogens is 384 g/mol. The number of nitrogens with zero attached hydrogens (tertiary/aromatic N) is 2. The molecule has 6 nitrogen and oxygen atoms in total. The summed E-state index contributed by atoms with van der Waals surface area (Å²) in [5.74, 6) is 0.688. The highest BCUT2D eigenvalue weighted by Gasteiger charge is 2.35. The van der Waals surface area contributed by atoms with Crippen molar-refractivity contribution in [3.63, 3.8) is 0 Å². The highest BCUT2D eigenvalue weighted by molar-refractivity contribution is 7.86. The zero-order chi connectivity index (χ0) is 19.4. The average Bonchev–Trinajstić information content (AvgIpc) is 3.14. The monoisotopic (exact) mass is 410 g/mol. The number of thiophene rings is 1. The molecule has 0 N–H and O–H groups in total. The van der Waals surface area contributed by atoms with Gasteiger partial charge in [-0.05, 0) is 31.4 Å². The summed E-state index contributed by atoms with van der Waals surface area (Å²) in [6, 6.07) is 11.4. The Labute approximate surface area is 165 Å². The molecule has 8 heteroatoms. The smallest absolute Gasteiger partial charge is 0.282 e. The minimum atomic E-state index is -3.65. The number of rotatable bonds is 7. The molecule has 2 atom stereocenters. The molecule has 0 saturated carbocycles. The Balaban J connectivity index is 1.91. The summed E-state index contributed by atoms with van der Waals surface area (Å²) < 4.78 is 41.1. The molecule has 2 aromatic rings. The number of para-hydroxylation sites is 1. The van der Waals surface area contributed by atoms with Crippen molar-refractivity contribution >= 4 is 21.5 Å². The van der Waals surface area contributed by atoms with E-state index in [2.05, 4.69) is 0 Å². The lowest BCUT2D eigenvalue weighted by Crippen LogP contribution is -2.52. The third-order valence-electron chi connectivity index (χ3n) is 4.49. The van der Waals surface area contributed by atoms with Crippen LogP contribution in [0.4, 0.5) is 0 Å². The van der Waals surface area contributed by atoms with Crippen molar-refractivity contribution in [1.29, 1.82) is 0 Å². The van der Waals surface area contributed by atoms with Crippen LogP contribution in [-0.4, -0.2) is 49.4 Å². The van der Waals surface area contributed by atoms with E-state index < -0.39 is 10.2 Å². The van der Waals surface area contributed by atoms with E-state index in [0.29, 0.717) is 25.4 Å². The molecule has 0 aliphatic carbocycles. The Hall–Kier alpha value is -1.45. The molecule has 0 amide bonds. The van der Waals surface area contributed by atoms with E-state index in [1.54, 1.807) is 18.4 Å². The van der Waals surface area contributed by atoms with Crippen LogP contribution < -0.4 is 4.74 Å². The number of morpholine rings is 1. The quantitative estimate of drug-likeness (QED) is 0.704. The van der Waals surface area contributed by atoms with Crippen LogP contribution >= 0.6 is 11.3 Å². The van der Waals surface area contributed by atoms with Crippen LogP contribution in [0.3, 0.4) is 0 Å². The van der Waals surface area contributed by atoms with Crippen molar-refractivity contribution in [2.45, 2.75) is 39.1 Å². The molecule has 2 unspecified atom stereocenters. The predicted octanol–water partition coefficient (Wildman–Crippen LogP) is 3.11. The zero-order valence-corrected chi connectivity index (χ0v) is 17.5. The van der Waals surface area contributed by atoms with Crippen LogP contribution in [0.1, 0.15) is 24.3 Å². The SMILES string of the molecule is COc1ccccc1CN(Cc1cccs1)S(=O)(=O)N1CC(C)OC(C)C1. The van der Waals surface area contributed by atoms with Crippen LogP contribution in [0.25, 0.3) is 0 Å². The fourth-order valence-corrected chi connectivity index (χ4v) is 5.83. The minimum Gasteiger partial charge on any atom is -0.496 e. The number of hydrogen-bond acceptors (Lipinski definition) is 5. The fourth-order valence-electron chi connectivity index (χ4n) is 3.30. The second kappa shape index (κ2) is 8.70. The first-order valence-corrected chi connectivity index (χ1v) is 11.2. The lowest BCUT2D eigenvalue weighted by atomic mass is 10.2. The van der Waals surface area contributed by atoms with E-state index in [0.717, 1.165) is 10.4 Å². The minimum absolute atomic E-state index is 0.127. The van der Waals surface area contributed by atoms with Gasteiger partial charge in [-0.25, -0.2) is 0 Å². The van der Waals surface area contributed by atoms with Crippen LogP contribution in [0.15, 0.2) is 41.8 Å².